The van der Waals surface area contributed by atoms with Gasteiger partial charge in [0.15, 0.2) is 0 Å². The van der Waals surface area contributed by atoms with Gasteiger partial charge in [-0.05, 0) is 34.5 Å². The van der Waals surface area contributed by atoms with Gasteiger partial charge >= 0.3 is 0 Å². The third-order valence-electron chi connectivity index (χ3n) is 4.52. The maximum atomic E-state index is 6.00. The van der Waals surface area contributed by atoms with Gasteiger partial charge in [-0.2, -0.15) is 0 Å². The third-order valence-corrected chi connectivity index (χ3v) is 4.52. The Kier molecular flexibility index (Phi) is 4.38. The van der Waals surface area contributed by atoms with Gasteiger partial charge < -0.3 is 13.9 Å². The maximum Gasteiger partial charge on any atom is 0.230 e. The van der Waals surface area contributed by atoms with Crippen LogP contribution in [-0.4, -0.2) is 41.9 Å². The summed E-state index contributed by atoms with van der Waals surface area (Å²) in [6.45, 7) is 4.83. The molecule has 6 heteroatoms. The molecule has 0 N–H and O–H groups in total. The van der Waals surface area contributed by atoms with Crippen molar-refractivity contribution >= 4 is 10.8 Å². The lowest BCUT2D eigenvalue weighted by Gasteiger charge is -2.32. The molecule has 6 nitrogen and oxygen atoms in total. The second-order valence-corrected chi connectivity index (χ2v) is 6.28. The van der Waals surface area contributed by atoms with Gasteiger partial charge in [0.25, 0.3) is 0 Å². The minimum atomic E-state index is 0.0456. The number of methoxy groups -OCH3 is 1. The van der Waals surface area contributed by atoms with E-state index in [-0.39, 0.29) is 6.10 Å². The second kappa shape index (κ2) is 6.82. The highest BCUT2D eigenvalue weighted by Crippen LogP contribution is 2.28. The number of hydrogen-bond acceptors (Lipinski definition) is 6. The van der Waals surface area contributed by atoms with Crippen molar-refractivity contribution in [2.75, 3.05) is 26.8 Å². The van der Waals surface area contributed by atoms with E-state index in [2.05, 4.69) is 39.4 Å². The van der Waals surface area contributed by atoms with Crippen molar-refractivity contribution in [2.24, 2.45) is 0 Å². The van der Waals surface area contributed by atoms with Gasteiger partial charge in [-0.25, -0.2) is 0 Å². The van der Waals surface area contributed by atoms with E-state index < -0.39 is 0 Å². The first-order valence-electron chi connectivity index (χ1n) is 8.42. The van der Waals surface area contributed by atoms with E-state index in [4.69, 9.17) is 13.9 Å². The first-order chi connectivity index (χ1) is 12.2. The molecular formula is C19H21N3O3. The van der Waals surface area contributed by atoms with Gasteiger partial charge in [0.2, 0.25) is 11.8 Å². The largest absolute Gasteiger partial charge is 0.497 e. The Hall–Kier alpha value is -2.44. The van der Waals surface area contributed by atoms with Crippen molar-refractivity contribution in [3.05, 3.63) is 53.7 Å². The standard InChI is InChI=1S/C19H21N3O3/c1-13-20-21-19(25-13)12-22-7-8-24-18(11-22)16-4-3-15-10-17(23-2)6-5-14(15)9-16/h3-6,9-10,18H,7-8,11-12H2,1-2H3. The minimum absolute atomic E-state index is 0.0456. The van der Waals surface area contributed by atoms with E-state index in [1.54, 1.807) is 7.11 Å². The Bertz CT molecular complexity index is 877. The summed E-state index contributed by atoms with van der Waals surface area (Å²) in [4.78, 5) is 2.29. The summed E-state index contributed by atoms with van der Waals surface area (Å²) in [6, 6.07) is 12.6. The predicted octanol–water partition coefficient (Wildman–Crippen LogP) is 3.11. The molecule has 0 radical (unpaired) electrons. The van der Waals surface area contributed by atoms with Crippen LogP contribution in [0.2, 0.25) is 0 Å². The number of fused-ring (bicyclic) bond motifs is 1. The summed E-state index contributed by atoms with van der Waals surface area (Å²) >= 11 is 0. The fourth-order valence-corrected chi connectivity index (χ4v) is 3.21. The molecule has 1 atom stereocenters. The summed E-state index contributed by atoms with van der Waals surface area (Å²) in [5.74, 6) is 2.13. The van der Waals surface area contributed by atoms with E-state index in [1.807, 2.05) is 19.1 Å². The highest BCUT2D eigenvalue weighted by molar-refractivity contribution is 5.84. The van der Waals surface area contributed by atoms with Gasteiger partial charge in [0.05, 0.1) is 26.4 Å². The molecular weight excluding hydrogens is 318 g/mol. The van der Waals surface area contributed by atoms with E-state index in [0.717, 1.165) is 24.2 Å². The normalized spacial score (nSPS) is 18.6. The molecule has 0 spiro atoms. The van der Waals surface area contributed by atoms with Gasteiger partial charge in [-0.3, -0.25) is 4.90 Å². The fourth-order valence-electron chi connectivity index (χ4n) is 3.21. The lowest BCUT2D eigenvalue weighted by atomic mass is 10.0. The van der Waals surface area contributed by atoms with Crippen molar-refractivity contribution in [2.45, 2.75) is 19.6 Å². The number of benzene rings is 2. The van der Waals surface area contributed by atoms with Crippen LogP contribution in [0.25, 0.3) is 10.8 Å². The molecule has 2 aromatic carbocycles. The van der Waals surface area contributed by atoms with E-state index >= 15 is 0 Å². The van der Waals surface area contributed by atoms with Crippen LogP contribution in [0.3, 0.4) is 0 Å². The second-order valence-electron chi connectivity index (χ2n) is 6.28. The Labute approximate surface area is 146 Å². The van der Waals surface area contributed by atoms with Gasteiger partial charge in [-0.1, -0.05) is 18.2 Å². The first kappa shape index (κ1) is 16.1. The van der Waals surface area contributed by atoms with E-state index in [1.165, 1.54) is 10.9 Å². The average Bonchev–Trinajstić information content (AvgIpc) is 3.05. The number of nitrogens with zero attached hydrogens (tertiary/aromatic N) is 3. The average molecular weight is 339 g/mol. The number of rotatable bonds is 4. The molecule has 0 amide bonds. The predicted molar refractivity (Wildman–Crippen MR) is 93.5 cm³/mol. The van der Waals surface area contributed by atoms with Crippen LogP contribution < -0.4 is 4.74 Å². The number of aryl methyl sites for hydroxylation is 1. The lowest BCUT2D eigenvalue weighted by molar-refractivity contribution is -0.0351. The molecule has 0 saturated carbocycles. The molecule has 1 aromatic heterocycles. The van der Waals surface area contributed by atoms with Crippen LogP contribution in [0.15, 0.2) is 40.8 Å². The summed E-state index contributed by atoms with van der Waals surface area (Å²) in [6.07, 6.45) is 0.0456. The van der Waals surface area contributed by atoms with Crippen LogP contribution in [-0.2, 0) is 11.3 Å². The van der Waals surface area contributed by atoms with Gasteiger partial charge in [0.1, 0.15) is 5.75 Å². The smallest absolute Gasteiger partial charge is 0.230 e. The van der Waals surface area contributed by atoms with Crippen LogP contribution in [0.4, 0.5) is 0 Å². The van der Waals surface area contributed by atoms with Gasteiger partial charge in [0, 0.05) is 20.0 Å². The zero-order valence-corrected chi connectivity index (χ0v) is 14.4. The Balaban J connectivity index is 1.51. The molecule has 2 heterocycles. The highest BCUT2D eigenvalue weighted by Gasteiger charge is 2.23. The fraction of sp³-hybridized carbons (Fsp3) is 0.368. The molecule has 4 rings (SSSR count). The highest BCUT2D eigenvalue weighted by atomic mass is 16.5. The Morgan fingerprint density at radius 2 is 2.00 bits per heavy atom. The molecule has 1 saturated heterocycles. The molecule has 130 valence electrons. The molecule has 0 aliphatic carbocycles. The van der Waals surface area contributed by atoms with Crippen molar-refractivity contribution < 1.29 is 13.9 Å². The van der Waals surface area contributed by atoms with Crippen molar-refractivity contribution in [1.82, 2.24) is 15.1 Å². The quantitative estimate of drug-likeness (QED) is 0.728. The SMILES string of the molecule is COc1ccc2cc(C3CN(Cc4nnc(C)o4)CCO3)ccc2c1. The number of ether oxygens (including phenoxy) is 2. The van der Waals surface area contributed by atoms with Crippen LogP contribution in [0, 0.1) is 6.92 Å². The summed E-state index contributed by atoms with van der Waals surface area (Å²) in [5.41, 5.74) is 1.18. The van der Waals surface area contributed by atoms with Crippen LogP contribution >= 0.6 is 0 Å². The summed E-state index contributed by atoms with van der Waals surface area (Å²) in [5, 5.41) is 10.3. The lowest BCUT2D eigenvalue weighted by Crippen LogP contribution is -2.37. The van der Waals surface area contributed by atoms with Crippen molar-refractivity contribution in [3.63, 3.8) is 0 Å². The number of hydrogen-bond donors (Lipinski definition) is 0. The van der Waals surface area contributed by atoms with Crippen LogP contribution in [0.1, 0.15) is 23.4 Å². The Morgan fingerprint density at radius 1 is 1.16 bits per heavy atom. The van der Waals surface area contributed by atoms with E-state index in [9.17, 15) is 0 Å². The Morgan fingerprint density at radius 3 is 2.80 bits per heavy atom. The van der Waals surface area contributed by atoms with Crippen LogP contribution in [0.5, 0.6) is 5.75 Å². The molecule has 3 aromatic rings. The molecule has 1 fully saturated rings. The van der Waals surface area contributed by atoms with Crippen molar-refractivity contribution in [3.8, 4) is 5.75 Å². The molecule has 1 aliphatic heterocycles. The van der Waals surface area contributed by atoms with Gasteiger partial charge in [-0.15, -0.1) is 10.2 Å². The first-order valence-corrected chi connectivity index (χ1v) is 8.42. The monoisotopic (exact) mass is 339 g/mol. The number of morpholine rings is 1. The molecule has 25 heavy (non-hydrogen) atoms. The molecule has 0 bridgehead atoms. The van der Waals surface area contributed by atoms with Crippen molar-refractivity contribution in [1.29, 1.82) is 0 Å². The number of aromatic nitrogens is 2. The zero-order chi connectivity index (χ0) is 17.2. The zero-order valence-electron chi connectivity index (χ0n) is 14.4. The minimum Gasteiger partial charge on any atom is -0.497 e. The van der Waals surface area contributed by atoms with E-state index in [0.29, 0.717) is 24.9 Å². The third kappa shape index (κ3) is 3.50. The molecule has 1 aliphatic rings. The topological polar surface area (TPSA) is 60.6 Å². The summed E-state index contributed by atoms with van der Waals surface area (Å²) in [7, 11) is 1.69. The molecule has 1 unspecified atom stereocenters. The maximum absolute atomic E-state index is 6.00. The summed E-state index contributed by atoms with van der Waals surface area (Å²) < 4.78 is 16.8.